The van der Waals surface area contributed by atoms with E-state index in [0.717, 1.165) is 26.9 Å². The molecule has 1 atom stereocenters. The highest BCUT2D eigenvalue weighted by atomic mass is 79.9. The number of anilines is 1. The van der Waals surface area contributed by atoms with E-state index in [1.165, 1.54) is 12.0 Å². The molecule has 1 amide bonds. The maximum absolute atomic E-state index is 13.4. The molecule has 41 heavy (non-hydrogen) atoms. The molecule has 1 N–H and O–H groups in total. The second-order valence-electron chi connectivity index (χ2n) is 9.43. The summed E-state index contributed by atoms with van der Waals surface area (Å²) < 4.78 is 11.5. The van der Waals surface area contributed by atoms with Crippen LogP contribution in [0.25, 0.3) is 5.76 Å². The summed E-state index contributed by atoms with van der Waals surface area (Å²) >= 11 is 4.36. The lowest BCUT2D eigenvalue weighted by Gasteiger charge is -2.23. The van der Waals surface area contributed by atoms with Crippen molar-refractivity contribution in [2.45, 2.75) is 26.5 Å². The number of ketones is 1. The Morgan fingerprint density at radius 2 is 1.76 bits per heavy atom. The van der Waals surface area contributed by atoms with Gasteiger partial charge < -0.3 is 14.6 Å². The average molecular weight is 634 g/mol. The van der Waals surface area contributed by atoms with Gasteiger partial charge in [0.05, 0.1) is 24.4 Å². The van der Waals surface area contributed by atoms with Crippen LogP contribution in [0.2, 0.25) is 0 Å². The third kappa shape index (κ3) is 5.66. The van der Waals surface area contributed by atoms with Crippen LogP contribution in [-0.4, -0.2) is 34.9 Å². The van der Waals surface area contributed by atoms with Gasteiger partial charge in [0, 0.05) is 10.0 Å². The topological polar surface area (TPSA) is 106 Å². The fraction of sp³-hybridized carbons (Fsp3) is 0.161. The van der Waals surface area contributed by atoms with Crippen LogP contribution in [0.5, 0.6) is 5.75 Å². The number of aromatic nitrogens is 1. The highest BCUT2D eigenvalue weighted by Gasteiger charge is 2.48. The molecular weight excluding hydrogens is 608 g/mol. The third-order valence-electron chi connectivity index (χ3n) is 6.61. The van der Waals surface area contributed by atoms with Crippen molar-refractivity contribution in [1.82, 2.24) is 4.98 Å². The number of ether oxygens (including phenoxy) is 2. The maximum atomic E-state index is 13.4. The molecule has 208 valence electrons. The van der Waals surface area contributed by atoms with Crippen LogP contribution in [0.15, 0.2) is 82.8 Å². The van der Waals surface area contributed by atoms with E-state index in [1.54, 1.807) is 55.5 Å². The smallest absolute Gasteiger partial charge is 0.350 e. The standard InChI is InChI=1S/C31H25BrN2O6S/c1-17-5-4-6-19(15-17)16-40-23-13-9-21(10-14-23)26(35)24-25(20-7-11-22(32)12-8-20)34(29(37)27(24)36)31-33-18(2)28(41-31)30(38)39-3/h4-15,25,35H,16H2,1-3H3/b26-24+. The van der Waals surface area contributed by atoms with Crippen molar-refractivity contribution in [3.63, 3.8) is 0 Å². The van der Waals surface area contributed by atoms with Gasteiger partial charge in [-0.25, -0.2) is 9.78 Å². The van der Waals surface area contributed by atoms with Crippen molar-refractivity contribution in [2.24, 2.45) is 0 Å². The second-order valence-corrected chi connectivity index (χ2v) is 11.3. The number of amides is 1. The first kappa shape index (κ1) is 28.3. The Morgan fingerprint density at radius 3 is 2.41 bits per heavy atom. The van der Waals surface area contributed by atoms with E-state index in [9.17, 15) is 19.5 Å². The first-order chi connectivity index (χ1) is 19.7. The van der Waals surface area contributed by atoms with Crippen LogP contribution in [0.1, 0.15) is 43.7 Å². The zero-order valence-corrected chi connectivity index (χ0v) is 24.8. The van der Waals surface area contributed by atoms with Gasteiger partial charge in [-0.15, -0.1) is 0 Å². The van der Waals surface area contributed by atoms with Gasteiger partial charge in [0.1, 0.15) is 23.0 Å². The van der Waals surface area contributed by atoms with Gasteiger partial charge in [-0.05, 0) is 61.4 Å². The number of carbonyl (C=O) groups excluding carboxylic acids is 3. The largest absolute Gasteiger partial charge is 0.507 e. The third-order valence-corrected chi connectivity index (χ3v) is 8.27. The number of aliphatic hydroxyl groups is 1. The Labute approximate surface area is 249 Å². The molecular formula is C31H25BrN2O6S. The fourth-order valence-corrected chi connectivity index (χ4v) is 5.87. The summed E-state index contributed by atoms with van der Waals surface area (Å²) in [6.07, 6.45) is 0. The zero-order chi connectivity index (χ0) is 29.3. The molecule has 5 rings (SSSR count). The molecule has 0 bridgehead atoms. The van der Waals surface area contributed by atoms with Gasteiger partial charge in [-0.1, -0.05) is 69.2 Å². The predicted molar refractivity (Wildman–Crippen MR) is 159 cm³/mol. The Hall–Kier alpha value is -4.28. The Bertz CT molecular complexity index is 1680. The molecule has 1 aliphatic heterocycles. The molecule has 4 aromatic rings. The highest BCUT2D eigenvalue weighted by molar-refractivity contribution is 9.10. The van der Waals surface area contributed by atoms with Gasteiger partial charge in [0.25, 0.3) is 5.78 Å². The van der Waals surface area contributed by atoms with Crippen LogP contribution >= 0.6 is 27.3 Å². The minimum Gasteiger partial charge on any atom is -0.507 e. The van der Waals surface area contributed by atoms with Gasteiger partial charge in [0.2, 0.25) is 0 Å². The minimum absolute atomic E-state index is 0.0850. The molecule has 0 saturated carbocycles. The molecule has 3 aromatic carbocycles. The number of benzene rings is 3. The molecule has 0 spiro atoms. The van der Waals surface area contributed by atoms with E-state index < -0.39 is 23.7 Å². The van der Waals surface area contributed by atoms with Crippen molar-refractivity contribution in [1.29, 1.82) is 0 Å². The number of Topliss-reactive ketones (excluding diaryl/α,β-unsaturated/α-hetero) is 1. The molecule has 1 aliphatic rings. The Balaban J connectivity index is 1.52. The quantitative estimate of drug-likeness (QED) is 0.107. The van der Waals surface area contributed by atoms with Crippen LogP contribution in [-0.2, 0) is 20.9 Å². The van der Waals surface area contributed by atoms with Gasteiger partial charge >= 0.3 is 11.9 Å². The predicted octanol–water partition coefficient (Wildman–Crippen LogP) is 6.51. The van der Waals surface area contributed by atoms with Crippen molar-refractivity contribution < 1.29 is 29.0 Å². The van der Waals surface area contributed by atoms with Gasteiger partial charge in [-0.2, -0.15) is 0 Å². The highest BCUT2D eigenvalue weighted by Crippen LogP contribution is 2.44. The molecule has 0 radical (unpaired) electrons. The van der Waals surface area contributed by atoms with Crippen molar-refractivity contribution in [2.75, 3.05) is 12.0 Å². The summed E-state index contributed by atoms with van der Waals surface area (Å²) in [7, 11) is 1.26. The van der Waals surface area contributed by atoms with E-state index in [0.29, 0.717) is 29.2 Å². The van der Waals surface area contributed by atoms with Crippen LogP contribution in [0.4, 0.5) is 5.13 Å². The van der Waals surface area contributed by atoms with Gasteiger partial charge in [-0.3, -0.25) is 14.5 Å². The lowest BCUT2D eigenvalue weighted by molar-refractivity contribution is -0.132. The molecule has 0 aliphatic carbocycles. The molecule has 1 unspecified atom stereocenters. The average Bonchev–Trinajstić information content (AvgIpc) is 3.48. The lowest BCUT2D eigenvalue weighted by atomic mass is 9.95. The van der Waals surface area contributed by atoms with Crippen LogP contribution in [0.3, 0.4) is 0 Å². The van der Waals surface area contributed by atoms with E-state index in [1.807, 2.05) is 31.2 Å². The number of hydrogen-bond donors (Lipinski definition) is 1. The molecule has 1 aromatic heterocycles. The summed E-state index contributed by atoms with van der Waals surface area (Å²) in [5, 5.41) is 11.6. The first-order valence-corrected chi connectivity index (χ1v) is 14.2. The number of halogens is 1. The fourth-order valence-electron chi connectivity index (χ4n) is 4.59. The number of rotatable bonds is 7. The normalized spacial score (nSPS) is 16.2. The van der Waals surface area contributed by atoms with E-state index >= 15 is 0 Å². The van der Waals surface area contributed by atoms with Crippen molar-refractivity contribution in [3.05, 3.63) is 116 Å². The summed E-state index contributed by atoms with van der Waals surface area (Å²) in [6.45, 7) is 4.02. The van der Waals surface area contributed by atoms with Crippen molar-refractivity contribution >= 4 is 55.8 Å². The first-order valence-electron chi connectivity index (χ1n) is 12.6. The number of aryl methyl sites for hydroxylation is 2. The van der Waals surface area contributed by atoms with Crippen molar-refractivity contribution in [3.8, 4) is 5.75 Å². The van der Waals surface area contributed by atoms with Gasteiger partial charge in [0.15, 0.2) is 5.13 Å². The molecule has 8 nitrogen and oxygen atoms in total. The number of aliphatic hydroxyl groups excluding tert-OH is 1. The van der Waals surface area contributed by atoms with E-state index in [2.05, 4.69) is 20.9 Å². The summed E-state index contributed by atoms with van der Waals surface area (Å²) in [4.78, 5) is 44.9. The van der Waals surface area contributed by atoms with E-state index in [-0.39, 0.29) is 21.3 Å². The molecule has 1 saturated heterocycles. The van der Waals surface area contributed by atoms with E-state index in [4.69, 9.17) is 9.47 Å². The maximum Gasteiger partial charge on any atom is 0.350 e. The second kappa shape index (κ2) is 11.7. The molecule has 2 heterocycles. The number of esters is 1. The monoisotopic (exact) mass is 632 g/mol. The Kier molecular flexibility index (Phi) is 8.05. The zero-order valence-electron chi connectivity index (χ0n) is 22.4. The summed E-state index contributed by atoms with van der Waals surface area (Å²) in [5.74, 6) is -2.05. The SMILES string of the molecule is COC(=O)c1sc(N2C(=O)C(=O)/C(=C(/O)c3ccc(OCc4cccc(C)c4)cc3)C2c2ccc(Br)cc2)nc1C. The van der Waals surface area contributed by atoms with Crippen LogP contribution < -0.4 is 9.64 Å². The number of thiazole rings is 1. The molecule has 1 fully saturated rings. The van der Waals surface area contributed by atoms with Crippen LogP contribution in [0, 0.1) is 13.8 Å². The summed E-state index contributed by atoms with van der Waals surface area (Å²) in [6, 6.07) is 20.8. The number of carbonyl (C=O) groups is 3. The number of methoxy groups -OCH3 is 1. The number of hydrogen-bond acceptors (Lipinski definition) is 8. The number of nitrogens with zero attached hydrogens (tertiary/aromatic N) is 2. The minimum atomic E-state index is -0.976. The molecule has 10 heteroatoms. The lowest BCUT2D eigenvalue weighted by Crippen LogP contribution is -2.29. The Morgan fingerprint density at radius 1 is 1.05 bits per heavy atom. The summed E-state index contributed by atoms with van der Waals surface area (Å²) in [5.41, 5.74) is 3.38.